The average Bonchev–Trinajstić information content (AvgIpc) is 3.02. The highest BCUT2D eigenvalue weighted by Crippen LogP contribution is 2.26. The van der Waals surface area contributed by atoms with Crippen LogP contribution in [-0.2, 0) is 6.54 Å². The third kappa shape index (κ3) is 3.52. The van der Waals surface area contributed by atoms with Gasteiger partial charge in [0.1, 0.15) is 11.5 Å². The van der Waals surface area contributed by atoms with E-state index in [2.05, 4.69) is 29.8 Å². The molecular weight excluding hydrogens is 270 g/mol. The fourth-order valence-corrected chi connectivity index (χ4v) is 3.07. The van der Waals surface area contributed by atoms with E-state index in [1.807, 2.05) is 18.2 Å². The summed E-state index contributed by atoms with van der Waals surface area (Å²) in [6.07, 6.45) is 1.06. The highest BCUT2D eigenvalue weighted by atomic mass is 32.1. The van der Waals surface area contributed by atoms with Crippen LogP contribution in [0.2, 0.25) is 0 Å². The van der Waals surface area contributed by atoms with Crippen LogP contribution in [0.4, 0.5) is 0 Å². The number of hydrogen-bond donors (Lipinski definition) is 1. The van der Waals surface area contributed by atoms with Gasteiger partial charge in [-0.1, -0.05) is 13.0 Å². The number of thiophene rings is 1. The zero-order chi connectivity index (χ0) is 14.4. The molecule has 3 nitrogen and oxygen atoms in total. The predicted octanol–water partition coefficient (Wildman–Crippen LogP) is 4.01. The standard InChI is InChI=1S/C16H21NO2S/c1-4-14(16-6-5-9-20-16)17-11-12-10-13(18-2)7-8-15(12)19-3/h5-10,14,17H,4,11H2,1-3H3. The van der Waals surface area contributed by atoms with Crippen LogP contribution in [0.1, 0.15) is 29.8 Å². The molecule has 0 aliphatic heterocycles. The lowest BCUT2D eigenvalue weighted by molar-refractivity contribution is 0.395. The van der Waals surface area contributed by atoms with Crippen LogP contribution in [0.5, 0.6) is 11.5 Å². The molecule has 1 aromatic heterocycles. The largest absolute Gasteiger partial charge is 0.497 e. The summed E-state index contributed by atoms with van der Waals surface area (Å²) in [6.45, 7) is 2.96. The van der Waals surface area contributed by atoms with E-state index < -0.39 is 0 Å². The first kappa shape index (κ1) is 14.9. The predicted molar refractivity (Wildman–Crippen MR) is 83.7 cm³/mol. The van der Waals surface area contributed by atoms with Gasteiger partial charge in [-0.3, -0.25) is 0 Å². The Kier molecular flexibility index (Phi) is 5.44. The topological polar surface area (TPSA) is 30.5 Å². The van der Waals surface area contributed by atoms with Gasteiger partial charge in [0, 0.05) is 23.0 Å². The molecule has 1 heterocycles. The number of hydrogen-bond acceptors (Lipinski definition) is 4. The van der Waals surface area contributed by atoms with Crippen LogP contribution in [0, 0.1) is 0 Å². The molecule has 0 bridgehead atoms. The number of nitrogens with one attached hydrogen (secondary N) is 1. The monoisotopic (exact) mass is 291 g/mol. The Morgan fingerprint density at radius 3 is 2.65 bits per heavy atom. The van der Waals surface area contributed by atoms with Crippen molar-refractivity contribution in [3.05, 3.63) is 46.2 Å². The first-order chi connectivity index (χ1) is 9.78. The van der Waals surface area contributed by atoms with Gasteiger partial charge in [-0.15, -0.1) is 11.3 Å². The summed E-state index contributed by atoms with van der Waals surface area (Å²) in [4.78, 5) is 1.37. The molecule has 1 unspecified atom stereocenters. The Morgan fingerprint density at radius 2 is 2.05 bits per heavy atom. The summed E-state index contributed by atoms with van der Waals surface area (Å²) in [5.41, 5.74) is 1.11. The summed E-state index contributed by atoms with van der Waals surface area (Å²) < 4.78 is 10.7. The molecule has 1 aromatic carbocycles. The lowest BCUT2D eigenvalue weighted by atomic mass is 10.1. The number of ether oxygens (including phenoxy) is 2. The Labute approximate surface area is 124 Å². The van der Waals surface area contributed by atoms with Crippen LogP contribution in [-0.4, -0.2) is 14.2 Å². The van der Waals surface area contributed by atoms with Crippen molar-refractivity contribution in [2.75, 3.05) is 14.2 Å². The van der Waals surface area contributed by atoms with Crippen LogP contribution in [0.25, 0.3) is 0 Å². The van der Waals surface area contributed by atoms with Gasteiger partial charge in [0.2, 0.25) is 0 Å². The minimum atomic E-state index is 0.380. The highest BCUT2D eigenvalue weighted by Gasteiger charge is 2.11. The second kappa shape index (κ2) is 7.31. The summed E-state index contributed by atoms with van der Waals surface area (Å²) >= 11 is 1.79. The molecule has 0 amide bonds. The van der Waals surface area contributed by atoms with E-state index in [4.69, 9.17) is 9.47 Å². The quantitative estimate of drug-likeness (QED) is 0.836. The molecule has 0 radical (unpaired) electrons. The Morgan fingerprint density at radius 1 is 1.20 bits per heavy atom. The van der Waals surface area contributed by atoms with Crippen molar-refractivity contribution < 1.29 is 9.47 Å². The molecule has 0 aliphatic carbocycles. The third-order valence-electron chi connectivity index (χ3n) is 3.32. The molecule has 0 fully saturated rings. The van der Waals surface area contributed by atoms with E-state index in [-0.39, 0.29) is 0 Å². The van der Waals surface area contributed by atoms with E-state index in [0.29, 0.717) is 6.04 Å². The molecule has 0 saturated carbocycles. The van der Waals surface area contributed by atoms with E-state index in [9.17, 15) is 0 Å². The Bertz CT molecular complexity index is 525. The minimum absolute atomic E-state index is 0.380. The Balaban J connectivity index is 2.09. The minimum Gasteiger partial charge on any atom is -0.497 e. The lowest BCUT2D eigenvalue weighted by Crippen LogP contribution is -2.19. The third-order valence-corrected chi connectivity index (χ3v) is 4.31. The van der Waals surface area contributed by atoms with Crippen LogP contribution < -0.4 is 14.8 Å². The van der Waals surface area contributed by atoms with Gasteiger partial charge in [-0.2, -0.15) is 0 Å². The molecule has 108 valence electrons. The Hall–Kier alpha value is -1.52. The second-order valence-corrected chi connectivity index (χ2v) is 5.51. The molecule has 2 rings (SSSR count). The van der Waals surface area contributed by atoms with Crippen LogP contribution >= 0.6 is 11.3 Å². The SMILES string of the molecule is CCC(NCc1cc(OC)ccc1OC)c1cccs1. The van der Waals surface area contributed by atoms with Crippen molar-refractivity contribution in [3.8, 4) is 11.5 Å². The van der Waals surface area contributed by atoms with Crippen molar-refractivity contribution in [1.29, 1.82) is 0 Å². The maximum absolute atomic E-state index is 5.41. The molecule has 2 aromatic rings. The molecule has 1 N–H and O–H groups in total. The molecule has 0 aliphatic rings. The van der Waals surface area contributed by atoms with E-state index >= 15 is 0 Å². The maximum Gasteiger partial charge on any atom is 0.123 e. The maximum atomic E-state index is 5.41. The first-order valence-corrected chi connectivity index (χ1v) is 7.64. The van der Waals surface area contributed by atoms with Gasteiger partial charge < -0.3 is 14.8 Å². The summed E-state index contributed by atoms with van der Waals surface area (Å²) in [5, 5.41) is 5.71. The van der Waals surface area contributed by atoms with Gasteiger partial charge in [0.25, 0.3) is 0 Å². The molecular formula is C16H21NO2S. The zero-order valence-electron chi connectivity index (χ0n) is 12.2. The number of benzene rings is 1. The molecule has 4 heteroatoms. The summed E-state index contributed by atoms with van der Waals surface area (Å²) in [6, 6.07) is 10.5. The first-order valence-electron chi connectivity index (χ1n) is 6.76. The van der Waals surface area contributed by atoms with Crippen LogP contribution in [0.15, 0.2) is 35.7 Å². The lowest BCUT2D eigenvalue weighted by Gasteiger charge is -2.17. The molecule has 0 spiro atoms. The van der Waals surface area contributed by atoms with Crippen molar-refractivity contribution in [2.24, 2.45) is 0 Å². The summed E-state index contributed by atoms with van der Waals surface area (Å²) in [7, 11) is 3.38. The highest BCUT2D eigenvalue weighted by molar-refractivity contribution is 7.10. The normalized spacial score (nSPS) is 12.2. The van der Waals surface area contributed by atoms with Crippen molar-refractivity contribution in [1.82, 2.24) is 5.32 Å². The second-order valence-electron chi connectivity index (χ2n) is 4.53. The van der Waals surface area contributed by atoms with Gasteiger partial charge in [-0.25, -0.2) is 0 Å². The van der Waals surface area contributed by atoms with E-state index in [1.54, 1.807) is 25.6 Å². The number of rotatable bonds is 7. The fourth-order valence-electron chi connectivity index (χ4n) is 2.19. The van der Waals surface area contributed by atoms with Crippen molar-refractivity contribution in [3.63, 3.8) is 0 Å². The molecule has 0 saturated heterocycles. The van der Waals surface area contributed by atoms with Gasteiger partial charge in [0.05, 0.1) is 14.2 Å². The van der Waals surface area contributed by atoms with Gasteiger partial charge >= 0.3 is 0 Å². The summed E-state index contributed by atoms with van der Waals surface area (Å²) in [5.74, 6) is 1.74. The smallest absolute Gasteiger partial charge is 0.123 e. The van der Waals surface area contributed by atoms with Gasteiger partial charge in [-0.05, 0) is 36.1 Å². The van der Waals surface area contributed by atoms with Crippen LogP contribution in [0.3, 0.4) is 0 Å². The number of methoxy groups -OCH3 is 2. The molecule has 1 atom stereocenters. The molecule has 20 heavy (non-hydrogen) atoms. The van der Waals surface area contributed by atoms with Gasteiger partial charge in [0.15, 0.2) is 0 Å². The van der Waals surface area contributed by atoms with E-state index in [1.165, 1.54) is 4.88 Å². The van der Waals surface area contributed by atoms with Crippen molar-refractivity contribution in [2.45, 2.75) is 25.9 Å². The fraction of sp³-hybridized carbons (Fsp3) is 0.375. The average molecular weight is 291 g/mol. The van der Waals surface area contributed by atoms with Crippen molar-refractivity contribution >= 4 is 11.3 Å². The van der Waals surface area contributed by atoms with E-state index in [0.717, 1.165) is 30.0 Å². The zero-order valence-corrected chi connectivity index (χ0v) is 13.0.